The maximum absolute atomic E-state index is 12.1. The zero-order valence-electron chi connectivity index (χ0n) is 11.6. The van der Waals surface area contributed by atoms with Crippen LogP contribution in [0.25, 0.3) is 11.2 Å². The minimum atomic E-state index is -0.758. The molecule has 114 valence electrons. The van der Waals surface area contributed by atoms with Gasteiger partial charge in [0.15, 0.2) is 12.6 Å². The third-order valence-electron chi connectivity index (χ3n) is 3.73. The van der Waals surface area contributed by atoms with E-state index in [-0.39, 0.29) is 18.1 Å². The van der Waals surface area contributed by atoms with Crippen LogP contribution in [0.5, 0.6) is 0 Å². The summed E-state index contributed by atoms with van der Waals surface area (Å²) in [4.78, 5) is 18.7. The molecule has 0 unspecified atom stereocenters. The molecule has 0 bridgehead atoms. The first-order valence-corrected chi connectivity index (χ1v) is 6.79. The standard InChI is InChI=1S/C12H17N5O4/c1-2-16-5-17(8-3-6(19)7(4-18)21-8)10-9(16)11(20)15-12(13)14-10/h5-8,18-19H,2-4H2,1H3,(H2-,13,14,15,20)/p+1/t6-,7+,8+/m0/s1. The summed E-state index contributed by atoms with van der Waals surface area (Å²) < 4.78 is 9.02. The Morgan fingerprint density at radius 1 is 1.67 bits per heavy atom. The van der Waals surface area contributed by atoms with Gasteiger partial charge in [-0.25, -0.2) is 4.57 Å². The first kappa shape index (κ1) is 14.0. The number of rotatable bonds is 3. The molecular weight excluding hydrogens is 278 g/mol. The van der Waals surface area contributed by atoms with Gasteiger partial charge in [0, 0.05) is 6.42 Å². The van der Waals surface area contributed by atoms with Crippen molar-refractivity contribution in [3.8, 4) is 0 Å². The molecule has 1 fully saturated rings. The summed E-state index contributed by atoms with van der Waals surface area (Å²) in [5, 5.41) is 19.0. The minimum absolute atomic E-state index is 0.0207. The van der Waals surface area contributed by atoms with Crippen molar-refractivity contribution in [2.75, 3.05) is 12.3 Å². The Morgan fingerprint density at radius 3 is 3.05 bits per heavy atom. The third kappa shape index (κ3) is 2.19. The van der Waals surface area contributed by atoms with E-state index in [0.717, 1.165) is 0 Å². The average molecular weight is 296 g/mol. The zero-order chi connectivity index (χ0) is 15.1. The van der Waals surface area contributed by atoms with Crippen LogP contribution in [0, 0.1) is 0 Å². The number of nitrogens with two attached hydrogens (primary N) is 1. The molecule has 5 N–H and O–H groups in total. The SMILES string of the molecule is CCn1c[n+]([C@H]2C[C@H](O)[C@@H](CO)O2)c2nc(N)[nH]c(=O)c21. The number of imidazole rings is 1. The molecule has 0 aliphatic carbocycles. The molecule has 0 saturated carbocycles. The van der Waals surface area contributed by atoms with Crippen LogP contribution in [-0.2, 0) is 11.3 Å². The summed E-state index contributed by atoms with van der Waals surface area (Å²) in [7, 11) is 0. The number of aromatic nitrogens is 4. The molecule has 1 saturated heterocycles. The summed E-state index contributed by atoms with van der Waals surface area (Å²) in [5.41, 5.74) is 6.08. The summed E-state index contributed by atoms with van der Waals surface area (Å²) in [6, 6.07) is 0. The Hall–Kier alpha value is -1.97. The van der Waals surface area contributed by atoms with Crippen LogP contribution in [0.4, 0.5) is 5.95 Å². The number of anilines is 1. The molecule has 2 aromatic heterocycles. The van der Waals surface area contributed by atoms with E-state index in [0.29, 0.717) is 24.1 Å². The van der Waals surface area contributed by atoms with Crippen LogP contribution in [0.15, 0.2) is 11.1 Å². The molecule has 1 aliphatic rings. The maximum atomic E-state index is 12.1. The Labute approximate surface area is 119 Å². The topological polar surface area (TPSA) is 130 Å². The number of hydrogen-bond donors (Lipinski definition) is 4. The average Bonchev–Trinajstić information content (AvgIpc) is 2.98. The molecule has 9 nitrogen and oxygen atoms in total. The number of nitrogens with zero attached hydrogens (tertiary/aromatic N) is 3. The highest BCUT2D eigenvalue weighted by molar-refractivity contribution is 5.67. The van der Waals surface area contributed by atoms with E-state index < -0.39 is 18.4 Å². The van der Waals surface area contributed by atoms with E-state index in [1.807, 2.05) is 6.92 Å². The van der Waals surface area contributed by atoms with Crippen molar-refractivity contribution in [2.45, 2.75) is 38.3 Å². The van der Waals surface area contributed by atoms with Crippen molar-refractivity contribution >= 4 is 17.1 Å². The highest BCUT2D eigenvalue weighted by atomic mass is 16.5. The number of H-pyrrole nitrogens is 1. The van der Waals surface area contributed by atoms with E-state index in [4.69, 9.17) is 15.6 Å². The monoisotopic (exact) mass is 296 g/mol. The second kappa shape index (κ2) is 5.10. The number of aliphatic hydroxyl groups excluding tert-OH is 2. The van der Waals surface area contributed by atoms with E-state index in [1.54, 1.807) is 15.5 Å². The van der Waals surface area contributed by atoms with Gasteiger partial charge in [0.25, 0.3) is 11.5 Å². The van der Waals surface area contributed by atoms with Gasteiger partial charge in [-0.3, -0.25) is 14.3 Å². The Bertz CT molecular complexity index is 724. The highest BCUT2D eigenvalue weighted by Gasteiger charge is 2.38. The smallest absolute Gasteiger partial charge is 0.313 e. The number of aryl methyl sites for hydroxylation is 1. The number of aliphatic hydroxyl groups is 2. The van der Waals surface area contributed by atoms with Crippen LogP contribution >= 0.6 is 0 Å². The molecular formula is C12H18N5O4+. The van der Waals surface area contributed by atoms with Crippen LogP contribution in [0.1, 0.15) is 19.6 Å². The predicted molar refractivity (Wildman–Crippen MR) is 72.3 cm³/mol. The first-order chi connectivity index (χ1) is 10.0. The number of nitrogen functional groups attached to an aromatic ring is 1. The fourth-order valence-electron chi connectivity index (χ4n) is 2.67. The molecule has 1 aliphatic heterocycles. The molecule has 3 rings (SSSR count). The van der Waals surface area contributed by atoms with Gasteiger partial charge >= 0.3 is 5.65 Å². The highest BCUT2D eigenvalue weighted by Crippen LogP contribution is 2.25. The van der Waals surface area contributed by atoms with Gasteiger partial charge in [0.05, 0.1) is 19.3 Å². The van der Waals surface area contributed by atoms with Crippen molar-refractivity contribution in [3.63, 3.8) is 0 Å². The molecule has 0 aromatic carbocycles. The summed E-state index contributed by atoms with van der Waals surface area (Å²) in [6.45, 7) is 2.22. The largest absolute Gasteiger partial charge is 0.394 e. The maximum Gasteiger partial charge on any atom is 0.313 e. The van der Waals surface area contributed by atoms with E-state index in [2.05, 4.69) is 9.97 Å². The quantitative estimate of drug-likeness (QED) is 0.497. The molecule has 0 spiro atoms. The summed E-state index contributed by atoms with van der Waals surface area (Å²) >= 11 is 0. The third-order valence-corrected chi connectivity index (χ3v) is 3.73. The Balaban J connectivity index is 2.13. The molecule has 9 heteroatoms. The van der Waals surface area contributed by atoms with Gasteiger partial charge in [-0.05, 0) is 6.92 Å². The lowest BCUT2D eigenvalue weighted by Crippen LogP contribution is -2.39. The second-order valence-electron chi connectivity index (χ2n) is 5.05. The van der Waals surface area contributed by atoms with Gasteiger partial charge in [0.2, 0.25) is 5.52 Å². The van der Waals surface area contributed by atoms with Gasteiger partial charge < -0.3 is 20.7 Å². The van der Waals surface area contributed by atoms with E-state index >= 15 is 0 Å². The molecule has 2 aromatic rings. The van der Waals surface area contributed by atoms with Gasteiger partial charge in [-0.2, -0.15) is 0 Å². The normalized spacial score (nSPS) is 25.8. The van der Waals surface area contributed by atoms with Gasteiger partial charge in [-0.1, -0.05) is 4.98 Å². The number of nitrogens with one attached hydrogen (secondary N) is 1. The number of fused-ring (bicyclic) bond motifs is 1. The van der Waals surface area contributed by atoms with Crippen molar-refractivity contribution in [1.82, 2.24) is 14.5 Å². The molecule has 0 amide bonds. The Kier molecular flexibility index (Phi) is 3.40. The molecule has 3 atom stereocenters. The number of hydrogen-bond acceptors (Lipinski definition) is 6. The summed E-state index contributed by atoms with van der Waals surface area (Å²) in [5.74, 6) is 0.0207. The summed E-state index contributed by atoms with van der Waals surface area (Å²) in [6.07, 6.45) is 0.131. The van der Waals surface area contributed by atoms with E-state index in [1.165, 1.54) is 0 Å². The zero-order valence-corrected chi connectivity index (χ0v) is 11.6. The Morgan fingerprint density at radius 2 is 2.43 bits per heavy atom. The number of ether oxygens (including phenoxy) is 1. The van der Waals surface area contributed by atoms with E-state index in [9.17, 15) is 9.90 Å². The van der Waals surface area contributed by atoms with Gasteiger partial charge in [0.1, 0.15) is 6.10 Å². The fourth-order valence-corrected chi connectivity index (χ4v) is 2.67. The van der Waals surface area contributed by atoms with Crippen LogP contribution < -0.4 is 15.9 Å². The van der Waals surface area contributed by atoms with Crippen molar-refractivity contribution in [2.24, 2.45) is 0 Å². The lowest BCUT2D eigenvalue weighted by molar-refractivity contribution is -0.739. The lowest BCUT2D eigenvalue weighted by atomic mass is 10.2. The molecule has 21 heavy (non-hydrogen) atoms. The lowest BCUT2D eigenvalue weighted by Gasteiger charge is -2.10. The first-order valence-electron chi connectivity index (χ1n) is 6.79. The molecule has 3 heterocycles. The number of aromatic amines is 1. The van der Waals surface area contributed by atoms with Gasteiger partial charge in [-0.15, -0.1) is 0 Å². The molecule has 0 radical (unpaired) electrons. The van der Waals surface area contributed by atoms with Crippen LogP contribution in [-0.4, -0.2) is 43.6 Å². The minimum Gasteiger partial charge on any atom is -0.394 e. The van der Waals surface area contributed by atoms with Crippen LogP contribution in [0.3, 0.4) is 0 Å². The van der Waals surface area contributed by atoms with Crippen LogP contribution in [0.2, 0.25) is 0 Å². The van der Waals surface area contributed by atoms with Crippen molar-refractivity contribution < 1.29 is 19.5 Å². The fraction of sp³-hybridized carbons (Fsp3) is 0.583. The van der Waals surface area contributed by atoms with Crippen molar-refractivity contribution in [3.05, 3.63) is 16.7 Å². The van der Waals surface area contributed by atoms with Crippen molar-refractivity contribution in [1.29, 1.82) is 0 Å². The second-order valence-corrected chi connectivity index (χ2v) is 5.05. The predicted octanol–water partition coefficient (Wildman–Crippen LogP) is -1.75.